The predicted octanol–water partition coefficient (Wildman–Crippen LogP) is 1.58. The quantitative estimate of drug-likeness (QED) is 0.877. The van der Waals surface area contributed by atoms with E-state index in [1.165, 1.54) is 0 Å². The van der Waals surface area contributed by atoms with Gasteiger partial charge in [-0.05, 0) is 24.8 Å². The summed E-state index contributed by atoms with van der Waals surface area (Å²) in [6.45, 7) is 1.52. The van der Waals surface area contributed by atoms with Gasteiger partial charge in [0.25, 0.3) is 5.91 Å². The Bertz CT molecular complexity index is 388. The van der Waals surface area contributed by atoms with E-state index < -0.39 is 0 Å². The highest BCUT2D eigenvalue weighted by molar-refractivity contribution is 5.81. The normalized spacial score (nSPS) is 19.1. The third kappa shape index (κ3) is 4.04. The zero-order valence-electron chi connectivity index (χ0n) is 11.1. The first-order valence-electron chi connectivity index (χ1n) is 6.86. The monoisotopic (exact) mass is 263 g/mol. The molecule has 1 N–H and O–H groups in total. The highest BCUT2D eigenvalue weighted by Gasteiger charge is 2.26. The van der Waals surface area contributed by atoms with E-state index in [2.05, 4.69) is 0 Å². The van der Waals surface area contributed by atoms with Gasteiger partial charge >= 0.3 is 0 Å². The molecule has 1 fully saturated rings. The van der Waals surface area contributed by atoms with Gasteiger partial charge in [-0.15, -0.1) is 0 Å². The molecule has 0 aromatic heterocycles. The minimum Gasteiger partial charge on any atom is -0.395 e. The molecule has 0 bridgehead atoms. The molecule has 0 saturated carbocycles. The number of ether oxygens (including phenoxy) is 1. The number of aliphatic hydroxyl groups excluding tert-OH is 1. The number of hydrogen-bond acceptors (Lipinski definition) is 3. The Hall–Kier alpha value is -1.39. The van der Waals surface area contributed by atoms with E-state index in [1.54, 1.807) is 4.90 Å². The largest absolute Gasteiger partial charge is 0.395 e. The van der Waals surface area contributed by atoms with E-state index in [-0.39, 0.29) is 18.6 Å². The molecular weight excluding hydrogens is 242 g/mol. The van der Waals surface area contributed by atoms with Crippen molar-refractivity contribution in [1.29, 1.82) is 0 Å². The molecule has 1 unspecified atom stereocenters. The van der Waals surface area contributed by atoms with Crippen molar-refractivity contribution in [2.75, 3.05) is 19.8 Å². The minimum absolute atomic E-state index is 0.00222. The number of benzene rings is 1. The van der Waals surface area contributed by atoms with Crippen LogP contribution in [0.25, 0.3) is 0 Å². The Morgan fingerprint density at radius 2 is 2.11 bits per heavy atom. The maximum atomic E-state index is 12.4. The fourth-order valence-corrected chi connectivity index (χ4v) is 2.33. The molecule has 1 heterocycles. The lowest BCUT2D eigenvalue weighted by Gasteiger charge is -2.29. The number of carbonyl (C=O) groups excluding carboxylic acids is 1. The van der Waals surface area contributed by atoms with E-state index in [9.17, 15) is 4.79 Å². The van der Waals surface area contributed by atoms with Crippen molar-refractivity contribution >= 4 is 5.91 Å². The number of hydrogen-bond donors (Lipinski definition) is 1. The van der Waals surface area contributed by atoms with Crippen molar-refractivity contribution in [3.63, 3.8) is 0 Å². The predicted molar refractivity (Wildman–Crippen MR) is 72.5 cm³/mol. The summed E-state index contributed by atoms with van der Waals surface area (Å²) in [6, 6.07) is 9.83. The second-order valence-corrected chi connectivity index (χ2v) is 4.82. The van der Waals surface area contributed by atoms with Crippen LogP contribution in [0.2, 0.25) is 0 Å². The van der Waals surface area contributed by atoms with Gasteiger partial charge in [0.2, 0.25) is 0 Å². The van der Waals surface area contributed by atoms with Crippen LogP contribution in [-0.4, -0.2) is 41.8 Å². The lowest BCUT2D eigenvalue weighted by molar-refractivity contribution is -0.147. The van der Waals surface area contributed by atoms with Crippen LogP contribution < -0.4 is 0 Å². The Morgan fingerprint density at radius 1 is 1.32 bits per heavy atom. The molecule has 1 amide bonds. The molecule has 1 saturated heterocycles. The van der Waals surface area contributed by atoms with Crippen molar-refractivity contribution in [3.05, 3.63) is 35.9 Å². The average molecular weight is 263 g/mol. The smallest absolute Gasteiger partial charge is 0.252 e. The zero-order valence-corrected chi connectivity index (χ0v) is 11.1. The zero-order chi connectivity index (χ0) is 13.5. The van der Waals surface area contributed by atoms with Crippen LogP contribution in [0.4, 0.5) is 0 Å². The van der Waals surface area contributed by atoms with Crippen LogP contribution in [0.15, 0.2) is 30.3 Å². The molecule has 1 atom stereocenters. The van der Waals surface area contributed by atoms with E-state index in [0.29, 0.717) is 19.7 Å². The molecule has 0 aliphatic carbocycles. The van der Waals surface area contributed by atoms with Gasteiger partial charge in [0, 0.05) is 19.7 Å². The molecule has 104 valence electrons. The maximum Gasteiger partial charge on any atom is 0.252 e. The summed E-state index contributed by atoms with van der Waals surface area (Å²) in [5, 5.41) is 9.13. The van der Waals surface area contributed by atoms with Gasteiger partial charge in [-0.2, -0.15) is 0 Å². The molecule has 0 spiro atoms. The van der Waals surface area contributed by atoms with Crippen molar-refractivity contribution in [1.82, 2.24) is 4.90 Å². The van der Waals surface area contributed by atoms with Crippen LogP contribution in [0.3, 0.4) is 0 Å². The summed E-state index contributed by atoms with van der Waals surface area (Å²) in [7, 11) is 0. The lowest BCUT2D eigenvalue weighted by Crippen LogP contribution is -2.42. The number of aliphatic hydroxyl groups is 1. The van der Waals surface area contributed by atoms with Gasteiger partial charge in [-0.25, -0.2) is 0 Å². The van der Waals surface area contributed by atoms with Gasteiger partial charge < -0.3 is 14.7 Å². The molecule has 1 aromatic carbocycles. The van der Waals surface area contributed by atoms with Crippen LogP contribution in [0.1, 0.15) is 24.8 Å². The molecule has 4 nitrogen and oxygen atoms in total. The lowest BCUT2D eigenvalue weighted by atomic mass is 10.1. The second kappa shape index (κ2) is 7.26. The summed E-state index contributed by atoms with van der Waals surface area (Å²) in [6.07, 6.45) is 2.52. The van der Waals surface area contributed by atoms with E-state index in [0.717, 1.165) is 24.8 Å². The number of carbonyl (C=O) groups is 1. The number of nitrogens with zero attached hydrogens (tertiary/aromatic N) is 1. The summed E-state index contributed by atoms with van der Waals surface area (Å²) < 4.78 is 5.53. The third-order valence-electron chi connectivity index (χ3n) is 3.35. The summed E-state index contributed by atoms with van der Waals surface area (Å²) in [4.78, 5) is 14.1. The molecule has 4 heteroatoms. The van der Waals surface area contributed by atoms with Gasteiger partial charge in [-0.1, -0.05) is 30.3 Å². The maximum absolute atomic E-state index is 12.4. The number of amides is 1. The molecule has 1 aliphatic heterocycles. The summed E-state index contributed by atoms with van der Waals surface area (Å²) in [5.74, 6) is -0.00222. The third-order valence-corrected chi connectivity index (χ3v) is 3.35. The second-order valence-electron chi connectivity index (χ2n) is 4.82. The van der Waals surface area contributed by atoms with Crippen LogP contribution in [-0.2, 0) is 16.1 Å². The van der Waals surface area contributed by atoms with Crippen LogP contribution >= 0.6 is 0 Å². The fourth-order valence-electron chi connectivity index (χ4n) is 2.33. The van der Waals surface area contributed by atoms with Crippen molar-refractivity contribution in [2.45, 2.75) is 31.9 Å². The Labute approximate surface area is 114 Å². The molecule has 0 radical (unpaired) electrons. The minimum atomic E-state index is -0.330. The Kier molecular flexibility index (Phi) is 5.36. The van der Waals surface area contributed by atoms with E-state index in [1.807, 2.05) is 30.3 Å². The Balaban J connectivity index is 2.00. The Morgan fingerprint density at radius 3 is 2.74 bits per heavy atom. The van der Waals surface area contributed by atoms with Gasteiger partial charge in [0.05, 0.1) is 6.61 Å². The first kappa shape index (κ1) is 14.0. The van der Waals surface area contributed by atoms with Gasteiger partial charge in [0.15, 0.2) is 0 Å². The number of rotatable bonds is 5. The molecule has 2 rings (SSSR count). The van der Waals surface area contributed by atoms with Crippen LogP contribution in [0, 0.1) is 0 Å². The molecular formula is C15H21NO3. The fraction of sp³-hybridized carbons (Fsp3) is 0.533. The average Bonchev–Trinajstić information content (AvgIpc) is 2.48. The highest BCUT2D eigenvalue weighted by Crippen LogP contribution is 2.16. The van der Waals surface area contributed by atoms with Gasteiger partial charge in [-0.3, -0.25) is 4.79 Å². The highest BCUT2D eigenvalue weighted by atomic mass is 16.5. The van der Waals surface area contributed by atoms with Gasteiger partial charge in [0.1, 0.15) is 6.10 Å². The topological polar surface area (TPSA) is 49.8 Å². The summed E-state index contributed by atoms with van der Waals surface area (Å²) in [5.41, 5.74) is 1.07. The molecule has 1 aromatic rings. The molecule has 19 heavy (non-hydrogen) atoms. The first-order chi connectivity index (χ1) is 9.31. The van der Waals surface area contributed by atoms with E-state index >= 15 is 0 Å². The standard InChI is InChI=1S/C15H21NO3/c17-10-9-16(12-13-6-2-1-3-7-13)15(18)14-8-4-5-11-19-14/h1-3,6-7,14,17H,4-5,8-12H2. The van der Waals surface area contributed by atoms with Crippen LogP contribution in [0.5, 0.6) is 0 Å². The SMILES string of the molecule is O=C(C1CCCCO1)N(CCO)Cc1ccccc1. The molecule has 1 aliphatic rings. The van der Waals surface area contributed by atoms with Crippen molar-refractivity contribution < 1.29 is 14.6 Å². The first-order valence-corrected chi connectivity index (χ1v) is 6.86. The van der Waals surface area contributed by atoms with Crippen molar-refractivity contribution in [3.8, 4) is 0 Å². The van der Waals surface area contributed by atoms with Crippen molar-refractivity contribution in [2.24, 2.45) is 0 Å². The summed E-state index contributed by atoms with van der Waals surface area (Å²) >= 11 is 0. The van der Waals surface area contributed by atoms with E-state index in [4.69, 9.17) is 9.84 Å².